The van der Waals surface area contributed by atoms with E-state index in [1.54, 1.807) is 17.8 Å². The van der Waals surface area contributed by atoms with Gasteiger partial charge in [0.05, 0.1) is 11.0 Å². The Bertz CT molecular complexity index is 1220. The van der Waals surface area contributed by atoms with E-state index in [0.29, 0.717) is 17.9 Å². The molecule has 5 heteroatoms. The number of aromatic nitrogens is 2. The van der Waals surface area contributed by atoms with Gasteiger partial charge in [-0.25, -0.2) is 9.78 Å². The maximum absolute atomic E-state index is 12.0. The van der Waals surface area contributed by atoms with Crippen LogP contribution < -0.4 is 5.63 Å². The summed E-state index contributed by atoms with van der Waals surface area (Å²) in [5, 5.41) is 1.90. The van der Waals surface area contributed by atoms with Gasteiger partial charge in [0.2, 0.25) is 0 Å². The van der Waals surface area contributed by atoms with Crippen LogP contribution in [0.25, 0.3) is 22.0 Å². The Morgan fingerprint density at radius 1 is 1.19 bits per heavy atom. The monoisotopic (exact) mass is 376 g/mol. The molecule has 4 rings (SSSR count). The number of thioether (sulfide) groups is 1. The minimum absolute atomic E-state index is 0.319. The molecule has 4 aromatic rings. The second kappa shape index (κ2) is 7.08. The Morgan fingerprint density at radius 2 is 1.96 bits per heavy atom. The fraction of sp³-hybridized carbons (Fsp3) is 0.182. The highest BCUT2D eigenvalue weighted by atomic mass is 32.2. The molecular formula is C22H20N2O2S. The average molecular weight is 376 g/mol. The van der Waals surface area contributed by atoms with Gasteiger partial charge < -0.3 is 8.98 Å². The summed E-state index contributed by atoms with van der Waals surface area (Å²) in [7, 11) is 0. The van der Waals surface area contributed by atoms with Crippen LogP contribution in [-0.4, -0.2) is 9.55 Å². The van der Waals surface area contributed by atoms with Crippen molar-refractivity contribution in [3.63, 3.8) is 0 Å². The van der Waals surface area contributed by atoms with Crippen LogP contribution in [0, 0.1) is 13.8 Å². The Balaban J connectivity index is 1.75. The van der Waals surface area contributed by atoms with Crippen molar-refractivity contribution in [2.75, 3.05) is 0 Å². The van der Waals surface area contributed by atoms with Crippen molar-refractivity contribution in [3.05, 3.63) is 82.2 Å². The molecule has 0 aliphatic rings. The van der Waals surface area contributed by atoms with Crippen molar-refractivity contribution < 1.29 is 4.42 Å². The van der Waals surface area contributed by atoms with Gasteiger partial charge in [-0.2, -0.15) is 0 Å². The molecule has 4 nitrogen and oxygen atoms in total. The summed E-state index contributed by atoms with van der Waals surface area (Å²) in [6, 6.07) is 13.7. The number of allylic oxidation sites excluding steroid dienone is 1. The van der Waals surface area contributed by atoms with Crippen LogP contribution in [0.15, 0.2) is 69.5 Å². The Kier molecular flexibility index (Phi) is 4.62. The maximum atomic E-state index is 12.0. The van der Waals surface area contributed by atoms with Crippen molar-refractivity contribution in [2.45, 2.75) is 31.3 Å². The quantitative estimate of drug-likeness (QED) is 0.272. The molecule has 0 fully saturated rings. The molecule has 0 bridgehead atoms. The number of imidazole rings is 1. The Labute approximate surface area is 161 Å². The van der Waals surface area contributed by atoms with Crippen molar-refractivity contribution in [2.24, 2.45) is 0 Å². The zero-order chi connectivity index (χ0) is 19.0. The van der Waals surface area contributed by atoms with Gasteiger partial charge in [0.15, 0.2) is 5.16 Å². The lowest BCUT2D eigenvalue weighted by atomic mass is 10.0. The molecule has 0 aliphatic carbocycles. The molecule has 0 saturated carbocycles. The van der Waals surface area contributed by atoms with Crippen LogP contribution in [0.5, 0.6) is 0 Å². The molecule has 0 saturated heterocycles. The summed E-state index contributed by atoms with van der Waals surface area (Å²) >= 11 is 1.62. The number of fused-ring (bicyclic) bond motifs is 2. The summed E-state index contributed by atoms with van der Waals surface area (Å²) in [6.45, 7) is 8.65. The topological polar surface area (TPSA) is 48.0 Å². The molecule has 0 spiro atoms. The lowest BCUT2D eigenvalue weighted by Crippen LogP contribution is -2.02. The number of nitrogens with zero attached hydrogens (tertiary/aromatic N) is 2. The van der Waals surface area contributed by atoms with E-state index >= 15 is 0 Å². The zero-order valence-corrected chi connectivity index (χ0v) is 16.2. The van der Waals surface area contributed by atoms with E-state index in [0.717, 1.165) is 32.7 Å². The predicted octanol–water partition coefficient (Wildman–Crippen LogP) is 5.24. The molecule has 2 aromatic heterocycles. The van der Waals surface area contributed by atoms with Crippen molar-refractivity contribution >= 4 is 33.8 Å². The molecule has 2 heterocycles. The number of rotatable bonds is 5. The van der Waals surface area contributed by atoms with Crippen LogP contribution in [0.3, 0.4) is 0 Å². The van der Waals surface area contributed by atoms with Gasteiger partial charge in [-0.1, -0.05) is 30.0 Å². The van der Waals surface area contributed by atoms with Crippen LogP contribution in [0.1, 0.15) is 16.7 Å². The van der Waals surface area contributed by atoms with E-state index in [1.165, 1.54) is 5.56 Å². The number of benzene rings is 2. The lowest BCUT2D eigenvalue weighted by Gasteiger charge is -2.09. The summed E-state index contributed by atoms with van der Waals surface area (Å²) in [4.78, 5) is 16.8. The zero-order valence-electron chi connectivity index (χ0n) is 15.4. The Hall–Kier alpha value is -2.79. The molecular weight excluding hydrogens is 356 g/mol. The van der Waals surface area contributed by atoms with Gasteiger partial charge >= 0.3 is 5.63 Å². The second-order valence-electron chi connectivity index (χ2n) is 6.59. The van der Waals surface area contributed by atoms with Crippen LogP contribution in [0.2, 0.25) is 0 Å². The van der Waals surface area contributed by atoms with E-state index in [1.807, 2.05) is 37.3 Å². The van der Waals surface area contributed by atoms with Gasteiger partial charge in [0, 0.05) is 23.8 Å². The number of hydrogen-bond donors (Lipinski definition) is 0. The molecule has 0 unspecified atom stereocenters. The first kappa shape index (κ1) is 17.6. The largest absolute Gasteiger partial charge is 0.423 e. The highest BCUT2D eigenvalue weighted by Gasteiger charge is 2.13. The third-order valence-corrected chi connectivity index (χ3v) is 5.76. The first-order chi connectivity index (χ1) is 13.1. The first-order valence-electron chi connectivity index (χ1n) is 8.80. The van der Waals surface area contributed by atoms with Gasteiger partial charge in [-0.05, 0) is 54.8 Å². The molecule has 27 heavy (non-hydrogen) atoms. The smallest absolute Gasteiger partial charge is 0.336 e. The molecule has 136 valence electrons. The van der Waals surface area contributed by atoms with E-state index in [4.69, 9.17) is 9.40 Å². The average Bonchev–Trinajstić information content (AvgIpc) is 2.99. The molecule has 0 amide bonds. The van der Waals surface area contributed by atoms with E-state index in [9.17, 15) is 4.79 Å². The highest BCUT2D eigenvalue weighted by Crippen LogP contribution is 2.30. The second-order valence-corrected chi connectivity index (χ2v) is 7.54. The standard InChI is InChI=1S/C22H20N2O2S/c1-4-9-24-19-8-6-5-7-18(19)23-22(24)27-13-16-12-21(25)26-20-11-15(3)14(2)10-17(16)20/h4-8,10-12H,1,9,13H2,2-3H3. The SMILES string of the molecule is C=CCn1c(SCc2cc(=O)oc3cc(C)c(C)cc23)nc2ccccc21. The minimum atomic E-state index is -0.319. The summed E-state index contributed by atoms with van der Waals surface area (Å²) in [6.07, 6.45) is 1.87. The molecule has 0 aliphatic heterocycles. The number of para-hydroxylation sites is 2. The molecule has 0 atom stereocenters. The summed E-state index contributed by atoms with van der Waals surface area (Å²) < 4.78 is 7.55. The third-order valence-electron chi connectivity index (χ3n) is 4.73. The predicted molar refractivity (Wildman–Crippen MR) is 111 cm³/mol. The van der Waals surface area contributed by atoms with Gasteiger partial charge in [-0.3, -0.25) is 0 Å². The number of hydrogen-bond acceptors (Lipinski definition) is 4. The molecule has 2 aromatic carbocycles. The summed E-state index contributed by atoms with van der Waals surface area (Å²) in [5.41, 5.74) is 5.63. The van der Waals surface area contributed by atoms with E-state index in [2.05, 4.69) is 30.2 Å². The van der Waals surface area contributed by atoms with Crippen LogP contribution in [0.4, 0.5) is 0 Å². The van der Waals surface area contributed by atoms with E-state index in [-0.39, 0.29) is 5.63 Å². The fourth-order valence-corrected chi connectivity index (χ4v) is 4.23. The lowest BCUT2D eigenvalue weighted by molar-refractivity contribution is 0.559. The van der Waals surface area contributed by atoms with Crippen molar-refractivity contribution in [1.82, 2.24) is 9.55 Å². The molecule has 0 radical (unpaired) electrons. The van der Waals surface area contributed by atoms with Crippen LogP contribution in [-0.2, 0) is 12.3 Å². The fourth-order valence-electron chi connectivity index (χ4n) is 3.21. The highest BCUT2D eigenvalue weighted by molar-refractivity contribution is 7.98. The Morgan fingerprint density at radius 3 is 2.78 bits per heavy atom. The van der Waals surface area contributed by atoms with Crippen molar-refractivity contribution in [3.8, 4) is 0 Å². The van der Waals surface area contributed by atoms with Gasteiger partial charge in [-0.15, -0.1) is 6.58 Å². The van der Waals surface area contributed by atoms with E-state index < -0.39 is 0 Å². The number of aryl methyl sites for hydroxylation is 2. The van der Waals surface area contributed by atoms with Gasteiger partial charge in [0.1, 0.15) is 5.58 Å². The molecule has 0 N–H and O–H groups in total. The van der Waals surface area contributed by atoms with Crippen LogP contribution >= 0.6 is 11.8 Å². The maximum Gasteiger partial charge on any atom is 0.336 e. The normalized spacial score (nSPS) is 11.3. The van der Waals surface area contributed by atoms with Gasteiger partial charge in [0.25, 0.3) is 0 Å². The third kappa shape index (κ3) is 3.30. The summed E-state index contributed by atoms with van der Waals surface area (Å²) in [5.74, 6) is 0.644. The first-order valence-corrected chi connectivity index (χ1v) is 9.78. The minimum Gasteiger partial charge on any atom is -0.423 e. The van der Waals surface area contributed by atoms with Crippen molar-refractivity contribution in [1.29, 1.82) is 0 Å².